The summed E-state index contributed by atoms with van der Waals surface area (Å²) >= 11 is 6.13. The van der Waals surface area contributed by atoms with Crippen molar-refractivity contribution < 1.29 is 0 Å². The number of nitriles is 1. The maximum Gasteiger partial charge on any atom is 0.165 e. The molecule has 0 amide bonds. The molecule has 1 saturated heterocycles. The van der Waals surface area contributed by atoms with Crippen LogP contribution in [0.1, 0.15) is 25.1 Å². The van der Waals surface area contributed by atoms with E-state index in [0.29, 0.717) is 22.4 Å². The fraction of sp³-hybridized carbons (Fsp3) is 0.200. The highest BCUT2D eigenvalue weighted by Gasteiger charge is 2.21. The molecule has 0 unspecified atom stereocenters. The third-order valence-corrected chi connectivity index (χ3v) is 8.04. The lowest BCUT2D eigenvalue weighted by Gasteiger charge is -2.35. The van der Waals surface area contributed by atoms with Gasteiger partial charge < -0.3 is 10.6 Å². The first-order valence-electron chi connectivity index (χ1n) is 15.2. The molecule has 0 saturated carbocycles. The van der Waals surface area contributed by atoms with Crippen molar-refractivity contribution in [2.45, 2.75) is 20.4 Å². The molecule has 1 aliphatic rings. The molecule has 0 spiro atoms. The van der Waals surface area contributed by atoms with Gasteiger partial charge in [0.05, 0.1) is 11.3 Å². The Labute approximate surface area is 272 Å². The molecule has 1 fully saturated rings. The molecule has 4 aromatic heterocycles. The molecule has 230 valence electrons. The van der Waals surface area contributed by atoms with Gasteiger partial charge in [-0.05, 0) is 54.1 Å². The van der Waals surface area contributed by atoms with E-state index in [1.54, 1.807) is 12.3 Å². The zero-order valence-corrected chi connectivity index (χ0v) is 26.4. The van der Waals surface area contributed by atoms with Gasteiger partial charge in [0.2, 0.25) is 0 Å². The number of piperazine rings is 1. The second-order valence-corrected chi connectivity index (χ2v) is 11.0. The zero-order chi connectivity index (χ0) is 32.0. The molecular formula is C35H33ClN10. The minimum atomic E-state index is 0.383. The van der Waals surface area contributed by atoms with Gasteiger partial charge in [0.1, 0.15) is 35.2 Å². The highest BCUT2D eigenvalue weighted by molar-refractivity contribution is 6.30. The second-order valence-electron chi connectivity index (χ2n) is 10.6. The molecule has 2 aromatic carbocycles. The van der Waals surface area contributed by atoms with Gasteiger partial charge in [-0.15, -0.1) is 0 Å². The average Bonchev–Trinajstić information content (AvgIpc) is 3.49. The second kappa shape index (κ2) is 13.7. The van der Waals surface area contributed by atoms with Gasteiger partial charge in [-0.2, -0.15) is 5.26 Å². The smallest absolute Gasteiger partial charge is 0.165 e. The number of hydrogen-bond acceptors (Lipinski definition) is 9. The number of rotatable bonds is 6. The van der Waals surface area contributed by atoms with Crippen LogP contribution in [0.25, 0.3) is 39.5 Å². The van der Waals surface area contributed by atoms with Gasteiger partial charge in [0.25, 0.3) is 0 Å². The topological polar surface area (TPSA) is 126 Å². The molecular weight excluding hydrogens is 596 g/mol. The summed E-state index contributed by atoms with van der Waals surface area (Å²) in [6.07, 6.45) is 3.13. The van der Waals surface area contributed by atoms with Gasteiger partial charge >= 0.3 is 0 Å². The summed E-state index contributed by atoms with van der Waals surface area (Å²) in [5, 5.41) is 9.84. The third-order valence-electron chi connectivity index (χ3n) is 7.79. The summed E-state index contributed by atoms with van der Waals surface area (Å²) in [6, 6.07) is 27.7. The van der Waals surface area contributed by atoms with Gasteiger partial charge in [-0.25, -0.2) is 24.9 Å². The van der Waals surface area contributed by atoms with E-state index >= 15 is 0 Å². The summed E-state index contributed by atoms with van der Waals surface area (Å²) in [6.45, 7) is 8.27. The minimum absolute atomic E-state index is 0.383. The Kier molecular flexibility index (Phi) is 9.15. The highest BCUT2D eigenvalue weighted by Crippen LogP contribution is 2.32. The van der Waals surface area contributed by atoms with Crippen molar-refractivity contribution in [1.82, 2.24) is 34.4 Å². The molecule has 1 aliphatic heterocycles. The van der Waals surface area contributed by atoms with E-state index in [-0.39, 0.29) is 0 Å². The van der Waals surface area contributed by atoms with Crippen LogP contribution in [0.3, 0.4) is 0 Å². The number of hydrogen-bond donors (Lipinski definition) is 1. The molecule has 0 bridgehead atoms. The summed E-state index contributed by atoms with van der Waals surface area (Å²) in [4.78, 5) is 27.3. The van der Waals surface area contributed by atoms with Gasteiger partial charge in [-0.1, -0.05) is 49.7 Å². The number of nitrogens with zero attached hydrogens (tertiary/aromatic N) is 9. The van der Waals surface area contributed by atoms with Gasteiger partial charge in [0, 0.05) is 61.3 Å². The highest BCUT2D eigenvalue weighted by atomic mass is 35.5. The first kappa shape index (κ1) is 30.6. The number of anilines is 2. The molecule has 6 aromatic rings. The third kappa shape index (κ3) is 6.38. The SMILES string of the molecule is CC.N#Cc1cc(N2CCN(Cc3ccc(-n4c(-c5cccnc5N)nc5ccc(-c6ccc(Cl)cc6)nc54)cc3)CC2)ncn1. The Morgan fingerprint density at radius 3 is 2.35 bits per heavy atom. The number of fused-ring (bicyclic) bond motifs is 1. The van der Waals surface area contributed by atoms with Crippen molar-refractivity contribution >= 4 is 34.4 Å². The Morgan fingerprint density at radius 2 is 1.63 bits per heavy atom. The number of imidazole rings is 1. The number of aromatic nitrogens is 6. The van der Waals surface area contributed by atoms with E-state index in [0.717, 1.165) is 72.2 Å². The molecule has 5 heterocycles. The number of benzene rings is 2. The fourth-order valence-corrected chi connectivity index (χ4v) is 5.62. The van der Waals surface area contributed by atoms with Crippen LogP contribution in [-0.2, 0) is 6.54 Å². The maximum atomic E-state index is 9.16. The quantitative estimate of drug-likeness (QED) is 0.223. The molecule has 2 N–H and O–H groups in total. The van der Waals surface area contributed by atoms with Crippen LogP contribution in [0.5, 0.6) is 0 Å². The molecule has 0 radical (unpaired) electrons. The van der Waals surface area contributed by atoms with Crippen LogP contribution in [0.2, 0.25) is 5.02 Å². The van der Waals surface area contributed by atoms with E-state index in [1.165, 1.54) is 11.9 Å². The van der Waals surface area contributed by atoms with Crippen LogP contribution in [-0.4, -0.2) is 60.6 Å². The summed E-state index contributed by atoms with van der Waals surface area (Å²) in [5.74, 6) is 1.88. The van der Waals surface area contributed by atoms with Crippen molar-refractivity contribution in [1.29, 1.82) is 5.26 Å². The monoisotopic (exact) mass is 628 g/mol. The van der Waals surface area contributed by atoms with Crippen molar-refractivity contribution in [3.63, 3.8) is 0 Å². The van der Waals surface area contributed by atoms with E-state index in [9.17, 15) is 0 Å². The Morgan fingerprint density at radius 1 is 0.870 bits per heavy atom. The van der Waals surface area contributed by atoms with Gasteiger partial charge in [0.15, 0.2) is 11.5 Å². The van der Waals surface area contributed by atoms with Crippen molar-refractivity contribution in [3.05, 3.63) is 108 Å². The van der Waals surface area contributed by atoms with Gasteiger partial charge in [-0.3, -0.25) is 9.47 Å². The maximum absolute atomic E-state index is 9.16. The lowest BCUT2D eigenvalue weighted by Crippen LogP contribution is -2.46. The van der Waals surface area contributed by atoms with E-state index < -0.39 is 0 Å². The van der Waals surface area contributed by atoms with Crippen LogP contribution in [0.15, 0.2) is 91.4 Å². The van der Waals surface area contributed by atoms with E-state index in [2.05, 4.69) is 55.1 Å². The molecule has 7 rings (SSSR count). The molecule has 10 nitrogen and oxygen atoms in total. The van der Waals surface area contributed by atoms with Crippen LogP contribution >= 0.6 is 11.6 Å². The standard InChI is InChI=1S/C33H27ClN10.C2H6/c34-24-7-5-23(6-8-24)28-11-12-29-33(40-28)44(32(41-29)27-2-1-13-37-31(27)36)26-9-3-22(4-10-26)20-42-14-16-43(17-15-42)30-18-25(19-35)38-21-39-30;1-2/h1-13,18,21H,14-17,20H2,(H2,36,37);1-2H3. The van der Waals surface area contributed by atoms with E-state index in [4.69, 9.17) is 32.6 Å². The van der Waals surface area contributed by atoms with Crippen molar-refractivity contribution in [2.75, 3.05) is 36.8 Å². The number of nitrogens with two attached hydrogens (primary N) is 1. The predicted molar refractivity (Wildman–Crippen MR) is 183 cm³/mol. The molecule has 11 heteroatoms. The molecule has 0 atom stereocenters. The summed E-state index contributed by atoms with van der Waals surface area (Å²) < 4.78 is 2.04. The first-order chi connectivity index (χ1) is 22.6. The lowest BCUT2D eigenvalue weighted by molar-refractivity contribution is 0.249. The summed E-state index contributed by atoms with van der Waals surface area (Å²) in [7, 11) is 0. The minimum Gasteiger partial charge on any atom is -0.383 e. The Hall–Kier alpha value is -5.37. The Balaban J connectivity index is 0.00000182. The lowest BCUT2D eigenvalue weighted by atomic mass is 10.1. The largest absolute Gasteiger partial charge is 0.383 e. The number of halogens is 1. The average molecular weight is 629 g/mol. The zero-order valence-electron chi connectivity index (χ0n) is 25.7. The van der Waals surface area contributed by atoms with Crippen LogP contribution < -0.4 is 10.6 Å². The number of nitrogen functional groups attached to an aromatic ring is 1. The fourth-order valence-electron chi connectivity index (χ4n) is 5.50. The normalized spacial score (nSPS) is 13.2. The molecule has 0 aliphatic carbocycles. The Bertz CT molecular complexity index is 1990. The molecule has 46 heavy (non-hydrogen) atoms. The van der Waals surface area contributed by atoms with Crippen LogP contribution in [0.4, 0.5) is 11.6 Å². The van der Waals surface area contributed by atoms with E-state index in [1.807, 2.05) is 66.9 Å². The van der Waals surface area contributed by atoms with Crippen LogP contribution in [0, 0.1) is 11.3 Å². The first-order valence-corrected chi connectivity index (χ1v) is 15.6. The van der Waals surface area contributed by atoms with Crippen molar-refractivity contribution in [2.24, 2.45) is 0 Å². The predicted octanol–water partition coefficient (Wildman–Crippen LogP) is 6.40. The number of pyridine rings is 2. The van der Waals surface area contributed by atoms with Crippen molar-refractivity contribution in [3.8, 4) is 34.4 Å². The summed E-state index contributed by atoms with van der Waals surface area (Å²) in [5.41, 5.74) is 12.8.